The van der Waals surface area contributed by atoms with Gasteiger partial charge in [0.1, 0.15) is 0 Å². The van der Waals surface area contributed by atoms with E-state index in [4.69, 9.17) is 5.73 Å². The molecular weight excluding hydrogens is 309 g/mol. The quantitative estimate of drug-likeness (QED) is 0.855. The van der Waals surface area contributed by atoms with E-state index >= 15 is 0 Å². The second kappa shape index (κ2) is 10.7. The van der Waals surface area contributed by atoms with Crippen LogP contribution in [-0.2, 0) is 4.79 Å². The lowest BCUT2D eigenvalue weighted by Crippen LogP contribution is -2.38. The molecule has 0 aromatic heterocycles. The van der Waals surface area contributed by atoms with Crippen molar-refractivity contribution in [2.45, 2.75) is 64.0 Å². The van der Waals surface area contributed by atoms with Gasteiger partial charge in [-0.05, 0) is 32.6 Å². The first kappa shape index (κ1) is 21.0. The third kappa shape index (κ3) is 6.72. The number of amides is 1. The maximum atomic E-state index is 12.1. The maximum Gasteiger partial charge on any atom is 0.222 e. The fourth-order valence-electron chi connectivity index (χ4n) is 3.33. The lowest BCUT2D eigenvalue weighted by molar-refractivity contribution is -0.131. The molecule has 4 nitrogen and oxygen atoms in total. The fraction of sp³-hybridized carbons (Fsp3) is 0.933. The summed E-state index contributed by atoms with van der Waals surface area (Å²) in [6, 6.07) is 0.921. The average molecular weight is 340 g/mol. The summed E-state index contributed by atoms with van der Waals surface area (Å²) in [4.78, 5) is 16.8. The summed E-state index contributed by atoms with van der Waals surface area (Å²) in [5.41, 5.74) is 5.73. The molecule has 2 rings (SSSR count). The van der Waals surface area contributed by atoms with Gasteiger partial charge in [-0.1, -0.05) is 12.8 Å². The molecule has 1 unspecified atom stereocenters. The molecule has 1 aliphatic heterocycles. The van der Waals surface area contributed by atoms with Crippen molar-refractivity contribution >= 4 is 30.7 Å². The Bertz CT molecular complexity index is 297. The number of hydrogen-bond donors (Lipinski definition) is 1. The van der Waals surface area contributed by atoms with Crippen LogP contribution in [-0.4, -0.2) is 54.0 Å². The highest BCUT2D eigenvalue weighted by atomic mass is 35.5. The van der Waals surface area contributed by atoms with Gasteiger partial charge in [0.2, 0.25) is 5.91 Å². The molecule has 0 spiro atoms. The Balaban J connectivity index is 0.00000200. The van der Waals surface area contributed by atoms with Gasteiger partial charge < -0.3 is 10.6 Å². The average Bonchev–Trinajstić information content (AvgIpc) is 2.80. The van der Waals surface area contributed by atoms with Crippen molar-refractivity contribution in [2.24, 2.45) is 5.73 Å². The van der Waals surface area contributed by atoms with Gasteiger partial charge in [-0.2, -0.15) is 0 Å². The van der Waals surface area contributed by atoms with Gasteiger partial charge in [0.05, 0.1) is 0 Å². The largest absolute Gasteiger partial charge is 0.341 e. The van der Waals surface area contributed by atoms with E-state index in [1.165, 1.54) is 32.2 Å². The third-order valence-electron chi connectivity index (χ3n) is 4.54. The van der Waals surface area contributed by atoms with Crippen LogP contribution >= 0.6 is 24.8 Å². The van der Waals surface area contributed by atoms with E-state index in [0.29, 0.717) is 12.3 Å². The van der Waals surface area contributed by atoms with E-state index in [1.54, 1.807) is 0 Å². The van der Waals surface area contributed by atoms with Crippen molar-refractivity contribution in [3.63, 3.8) is 0 Å². The van der Waals surface area contributed by atoms with Crippen LogP contribution in [0.1, 0.15) is 51.9 Å². The van der Waals surface area contributed by atoms with Gasteiger partial charge in [0.15, 0.2) is 0 Å². The topological polar surface area (TPSA) is 49.6 Å². The number of rotatable bonds is 4. The Kier molecular flexibility index (Phi) is 10.6. The minimum absolute atomic E-state index is 0. The molecule has 2 N–H and O–H groups in total. The van der Waals surface area contributed by atoms with E-state index in [0.717, 1.165) is 38.5 Å². The van der Waals surface area contributed by atoms with Gasteiger partial charge in [-0.15, -0.1) is 24.8 Å². The molecule has 1 heterocycles. The van der Waals surface area contributed by atoms with Gasteiger partial charge in [0, 0.05) is 44.7 Å². The van der Waals surface area contributed by atoms with Crippen LogP contribution in [0.2, 0.25) is 0 Å². The fourth-order valence-corrected chi connectivity index (χ4v) is 3.33. The summed E-state index contributed by atoms with van der Waals surface area (Å²) >= 11 is 0. The zero-order valence-corrected chi connectivity index (χ0v) is 14.8. The molecule has 2 aliphatic rings. The molecule has 0 aromatic carbocycles. The van der Waals surface area contributed by atoms with E-state index in [1.807, 2.05) is 6.92 Å². The van der Waals surface area contributed by atoms with Crippen LogP contribution in [0.3, 0.4) is 0 Å². The number of halogens is 2. The van der Waals surface area contributed by atoms with Gasteiger partial charge in [-0.25, -0.2) is 0 Å². The Morgan fingerprint density at radius 2 is 1.76 bits per heavy atom. The molecular formula is C15H31Cl2N3O. The van der Waals surface area contributed by atoms with Gasteiger partial charge in [0.25, 0.3) is 0 Å². The first-order valence-electron chi connectivity index (χ1n) is 7.94. The number of carbonyl (C=O) groups excluding carboxylic acids is 1. The third-order valence-corrected chi connectivity index (χ3v) is 4.54. The lowest BCUT2D eigenvalue weighted by atomic mass is 10.2. The lowest BCUT2D eigenvalue weighted by Gasteiger charge is -2.27. The van der Waals surface area contributed by atoms with E-state index in [-0.39, 0.29) is 30.9 Å². The molecule has 1 saturated heterocycles. The van der Waals surface area contributed by atoms with Crippen LogP contribution in [0.4, 0.5) is 0 Å². The number of nitrogens with two attached hydrogens (primary N) is 1. The van der Waals surface area contributed by atoms with Crippen molar-refractivity contribution in [3.05, 3.63) is 0 Å². The summed E-state index contributed by atoms with van der Waals surface area (Å²) in [5.74, 6) is 0.297. The second-order valence-electron chi connectivity index (χ2n) is 6.22. The second-order valence-corrected chi connectivity index (χ2v) is 6.22. The first-order chi connectivity index (χ1) is 9.16. The molecule has 2 fully saturated rings. The summed E-state index contributed by atoms with van der Waals surface area (Å²) in [5, 5.41) is 0. The van der Waals surface area contributed by atoms with Crippen molar-refractivity contribution in [1.82, 2.24) is 9.80 Å². The molecule has 1 aliphatic carbocycles. The Morgan fingerprint density at radius 3 is 2.38 bits per heavy atom. The zero-order chi connectivity index (χ0) is 13.7. The predicted molar refractivity (Wildman–Crippen MR) is 92.4 cm³/mol. The summed E-state index contributed by atoms with van der Waals surface area (Å²) in [6.45, 7) is 6.04. The zero-order valence-electron chi connectivity index (χ0n) is 13.1. The molecule has 0 aromatic rings. The highest BCUT2D eigenvalue weighted by Crippen LogP contribution is 2.24. The molecule has 1 saturated carbocycles. The number of carbonyl (C=O) groups is 1. The van der Waals surface area contributed by atoms with Crippen molar-refractivity contribution in [1.29, 1.82) is 0 Å². The van der Waals surface area contributed by atoms with Crippen LogP contribution < -0.4 is 5.73 Å². The molecule has 6 heteroatoms. The smallest absolute Gasteiger partial charge is 0.222 e. The van der Waals surface area contributed by atoms with Crippen LogP contribution in [0.5, 0.6) is 0 Å². The summed E-state index contributed by atoms with van der Waals surface area (Å²) < 4.78 is 0. The summed E-state index contributed by atoms with van der Waals surface area (Å²) in [6.07, 6.45) is 8.04. The number of nitrogens with zero attached hydrogens (tertiary/aromatic N) is 2. The Morgan fingerprint density at radius 1 is 1.10 bits per heavy atom. The SMILES string of the molecule is CC(N)CCC(=O)N1CCCN(C2CCCC2)CC1.Cl.Cl. The highest BCUT2D eigenvalue weighted by molar-refractivity contribution is 5.85. The standard InChI is InChI=1S/C15H29N3O.2ClH/c1-13(16)7-8-15(19)18-10-4-9-17(11-12-18)14-5-2-3-6-14;;/h13-14H,2-12,16H2,1H3;2*1H. The van der Waals surface area contributed by atoms with Crippen molar-refractivity contribution in [2.75, 3.05) is 26.2 Å². The van der Waals surface area contributed by atoms with Crippen LogP contribution in [0, 0.1) is 0 Å². The van der Waals surface area contributed by atoms with Gasteiger partial charge in [-0.3, -0.25) is 9.69 Å². The van der Waals surface area contributed by atoms with Gasteiger partial charge >= 0.3 is 0 Å². The Hall–Kier alpha value is -0.0300. The van der Waals surface area contributed by atoms with Crippen molar-refractivity contribution < 1.29 is 4.79 Å². The minimum Gasteiger partial charge on any atom is -0.341 e. The van der Waals surface area contributed by atoms with Crippen molar-refractivity contribution in [3.8, 4) is 0 Å². The summed E-state index contributed by atoms with van der Waals surface area (Å²) in [7, 11) is 0. The van der Waals surface area contributed by atoms with E-state index < -0.39 is 0 Å². The van der Waals surface area contributed by atoms with E-state index in [9.17, 15) is 4.79 Å². The monoisotopic (exact) mass is 339 g/mol. The van der Waals surface area contributed by atoms with Crippen LogP contribution in [0.15, 0.2) is 0 Å². The molecule has 0 radical (unpaired) electrons. The molecule has 1 amide bonds. The minimum atomic E-state index is 0. The van der Waals surface area contributed by atoms with Crippen LogP contribution in [0.25, 0.3) is 0 Å². The Labute approximate surface area is 141 Å². The first-order valence-corrected chi connectivity index (χ1v) is 7.94. The molecule has 0 bridgehead atoms. The highest BCUT2D eigenvalue weighted by Gasteiger charge is 2.25. The van der Waals surface area contributed by atoms with E-state index in [2.05, 4.69) is 9.80 Å². The molecule has 126 valence electrons. The molecule has 1 atom stereocenters. The normalized spacial score (nSPS) is 22.1. The number of hydrogen-bond acceptors (Lipinski definition) is 3. The maximum absolute atomic E-state index is 12.1. The molecule has 21 heavy (non-hydrogen) atoms. The predicted octanol–water partition coefficient (Wildman–Crippen LogP) is 2.43.